The molecule has 6 heteroatoms. The Morgan fingerprint density at radius 2 is 2.13 bits per heavy atom. The van der Waals surface area contributed by atoms with Gasteiger partial charge in [0.2, 0.25) is 0 Å². The molecule has 6 nitrogen and oxygen atoms in total. The molecule has 1 unspecified atom stereocenters. The second-order valence-corrected chi connectivity index (χ2v) is 5.56. The van der Waals surface area contributed by atoms with Crippen molar-refractivity contribution in [3.63, 3.8) is 0 Å². The molecule has 0 saturated carbocycles. The SMILES string of the molecule is CCC1=NOC(CNc2cc(C)nc(-c3ccccc3O)n2)C1. The monoisotopic (exact) mass is 312 g/mol. The van der Waals surface area contributed by atoms with Gasteiger partial charge < -0.3 is 15.3 Å². The molecule has 0 amide bonds. The van der Waals surface area contributed by atoms with Crippen molar-refractivity contribution >= 4 is 11.5 Å². The number of nitrogens with one attached hydrogen (secondary N) is 1. The zero-order valence-corrected chi connectivity index (χ0v) is 13.3. The molecule has 0 saturated heterocycles. The van der Waals surface area contributed by atoms with Crippen LogP contribution in [0.25, 0.3) is 11.4 Å². The van der Waals surface area contributed by atoms with Crippen LogP contribution < -0.4 is 5.32 Å². The van der Waals surface area contributed by atoms with E-state index in [4.69, 9.17) is 4.84 Å². The van der Waals surface area contributed by atoms with E-state index in [-0.39, 0.29) is 11.9 Å². The maximum atomic E-state index is 9.97. The quantitative estimate of drug-likeness (QED) is 0.886. The van der Waals surface area contributed by atoms with Crippen molar-refractivity contribution in [2.45, 2.75) is 32.8 Å². The van der Waals surface area contributed by atoms with Gasteiger partial charge in [0.1, 0.15) is 17.7 Å². The number of phenolic OH excluding ortho intramolecular Hbond substituents is 1. The summed E-state index contributed by atoms with van der Waals surface area (Å²) in [6.45, 7) is 4.61. The predicted molar refractivity (Wildman–Crippen MR) is 89.6 cm³/mol. The summed E-state index contributed by atoms with van der Waals surface area (Å²) in [6.07, 6.45) is 1.80. The third kappa shape index (κ3) is 3.59. The molecule has 120 valence electrons. The maximum absolute atomic E-state index is 9.97. The lowest BCUT2D eigenvalue weighted by atomic mass is 10.1. The summed E-state index contributed by atoms with van der Waals surface area (Å²) in [5.41, 5.74) is 2.54. The normalized spacial score (nSPS) is 16.8. The Morgan fingerprint density at radius 1 is 1.30 bits per heavy atom. The van der Waals surface area contributed by atoms with Gasteiger partial charge in [-0.3, -0.25) is 0 Å². The zero-order chi connectivity index (χ0) is 16.2. The molecule has 0 fully saturated rings. The lowest BCUT2D eigenvalue weighted by Crippen LogP contribution is -2.20. The summed E-state index contributed by atoms with van der Waals surface area (Å²) in [6, 6.07) is 8.93. The fourth-order valence-corrected chi connectivity index (χ4v) is 2.47. The molecule has 0 spiro atoms. The molecule has 0 radical (unpaired) electrons. The first-order valence-electron chi connectivity index (χ1n) is 7.75. The van der Waals surface area contributed by atoms with E-state index in [0.717, 1.165) is 24.2 Å². The number of hydrogen-bond donors (Lipinski definition) is 2. The Kier molecular flexibility index (Phi) is 4.41. The van der Waals surface area contributed by atoms with E-state index in [1.165, 1.54) is 0 Å². The van der Waals surface area contributed by atoms with E-state index in [1.807, 2.05) is 19.1 Å². The van der Waals surface area contributed by atoms with Crippen LogP contribution in [0.1, 0.15) is 25.5 Å². The van der Waals surface area contributed by atoms with E-state index in [1.54, 1.807) is 18.2 Å². The lowest BCUT2D eigenvalue weighted by molar-refractivity contribution is 0.0948. The van der Waals surface area contributed by atoms with Crippen LogP contribution in [0.2, 0.25) is 0 Å². The number of oxime groups is 1. The third-order valence-electron chi connectivity index (χ3n) is 3.71. The van der Waals surface area contributed by atoms with Crippen molar-refractivity contribution in [1.82, 2.24) is 9.97 Å². The number of benzene rings is 1. The molecule has 0 aliphatic carbocycles. The Labute approximate surface area is 135 Å². The van der Waals surface area contributed by atoms with Gasteiger partial charge in [0, 0.05) is 18.2 Å². The number of phenols is 1. The van der Waals surface area contributed by atoms with Crippen LogP contribution in [-0.4, -0.2) is 33.4 Å². The topological polar surface area (TPSA) is 79.6 Å². The highest BCUT2D eigenvalue weighted by atomic mass is 16.6. The number of nitrogens with zero attached hydrogens (tertiary/aromatic N) is 3. The van der Waals surface area contributed by atoms with Gasteiger partial charge in [-0.15, -0.1) is 0 Å². The minimum Gasteiger partial charge on any atom is -0.507 e. The molecule has 3 rings (SSSR count). The van der Waals surface area contributed by atoms with Crippen LogP contribution in [0, 0.1) is 6.92 Å². The summed E-state index contributed by atoms with van der Waals surface area (Å²) >= 11 is 0. The average Bonchev–Trinajstić information content (AvgIpc) is 3.01. The van der Waals surface area contributed by atoms with E-state index in [0.29, 0.717) is 23.8 Å². The van der Waals surface area contributed by atoms with Crippen molar-refractivity contribution in [1.29, 1.82) is 0 Å². The number of aromatic nitrogens is 2. The van der Waals surface area contributed by atoms with E-state index < -0.39 is 0 Å². The van der Waals surface area contributed by atoms with Crippen molar-refractivity contribution in [3.05, 3.63) is 36.0 Å². The number of hydrogen-bond acceptors (Lipinski definition) is 6. The summed E-state index contributed by atoms with van der Waals surface area (Å²) in [7, 11) is 0. The fourth-order valence-electron chi connectivity index (χ4n) is 2.47. The van der Waals surface area contributed by atoms with Crippen LogP contribution >= 0.6 is 0 Å². The maximum Gasteiger partial charge on any atom is 0.165 e. The Hall–Kier alpha value is -2.63. The fraction of sp³-hybridized carbons (Fsp3) is 0.353. The molecular weight excluding hydrogens is 292 g/mol. The Morgan fingerprint density at radius 3 is 2.87 bits per heavy atom. The Bertz CT molecular complexity index is 730. The third-order valence-corrected chi connectivity index (χ3v) is 3.71. The van der Waals surface area contributed by atoms with Crippen molar-refractivity contribution in [2.24, 2.45) is 5.16 Å². The second kappa shape index (κ2) is 6.64. The number of aryl methyl sites for hydroxylation is 1. The van der Waals surface area contributed by atoms with Crippen LogP contribution in [0.5, 0.6) is 5.75 Å². The van der Waals surface area contributed by atoms with Crippen LogP contribution in [0.4, 0.5) is 5.82 Å². The minimum absolute atomic E-state index is 0.0359. The van der Waals surface area contributed by atoms with Gasteiger partial charge in [0.25, 0.3) is 0 Å². The van der Waals surface area contributed by atoms with Gasteiger partial charge in [-0.1, -0.05) is 24.2 Å². The summed E-state index contributed by atoms with van der Waals surface area (Å²) in [4.78, 5) is 14.3. The molecule has 1 aromatic carbocycles. The first-order chi connectivity index (χ1) is 11.2. The molecule has 1 atom stereocenters. The molecule has 2 heterocycles. The molecule has 2 aromatic rings. The second-order valence-electron chi connectivity index (χ2n) is 5.56. The largest absolute Gasteiger partial charge is 0.507 e. The van der Waals surface area contributed by atoms with E-state index in [2.05, 4.69) is 27.4 Å². The average molecular weight is 312 g/mol. The first-order valence-corrected chi connectivity index (χ1v) is 7.75. The zero-order valence-electron chi connectivity index (χ0n) is 13.3. The number of anilines is 1. The molecule has 1 aliphatic rings. The van der Waals surface area contributed by atoms with Crippen LogP contribution in [0.15, 0.2) is 35.5 Å². The van der Waals surface area contributed by atoms with Crippen LogP contribution in [-0.2, 0) is 4.84 Å². The predicted octanol–water partition coefficient (Wildman–Crippen LogP) is 3.12. The van der Waals surface area contributed by atoms with Gasteiger partial charge in [-0.25, -0.2) is 9.97 Å². The minimum atomic E-state index is 0.0359. The number of aromatic hydroxyl groups is 1. The summed E-state index contributed by atoms with van der Waals surface area (Å²) in [5.74, 6) is 1.39. The van der Waals surface area contributed by atoms with E-state index >= 15 is 0 Å². The molecule has 2 N–H and O–H groups in total. The highest BCUT2D eigenvalue weighted by Crippen LogP contribution is 2.26. The van der Waals surface area contributed by atoms with Crippen LogP contribution in [0.3, 0.4) is 0 Å². The Balaban J connectivity index is 1.73. The van der Waals surface area contributed by atoms with Gasteiger partial charge in [-0.2, -0.15) is 0 Å². The highest BCUT2D eigenvalue weighted by molar-refractivity contribution is 5.85. The molecule has 23 heavy (non-hydrogen) atoms. The standard InChI is InChI=1S/C17H20N4O2/c1-3-12-9-13(23-21-12)10-18-16-8-11(2)19-17(20-16)14-6-4-5-7-15(14)22/h4-8,13,22H,3,9-10H2,1-2H3,(H,18,19,20). The highest BCUT2D eigenvalue weighted by Gasteiger charge is 2.19. The summed E-state index contributed by atoms with van der Waals surface area (Å²) in [5, 5.41) is 17.3. The lowest BCUT2D eigenvalue weighted by Gasteiger charge is -2.12. The van der Waals surface area contributed by atoms with Gasteiger partial charge in [0.15, 0.2) is 5.82 Å². The molecule has 1 aromatic heterocycles. The van der Waals surface area contributed by atoms with Gasteiger partial charge in [0.05, 0.1) is 17.8 Å². The van der Waals surface area contributed by atoms with Crippen molar-refractivity contribution in [2.75, 3.05) is 11.9 Å². The summed E-state index contributed by atoms with van der Waals surface area (Å²) < 4.78 is 0. The molecule has 0 bridgehead atoms. The van der Waals surface area contributed by atoms with Crippen molar-refractivity contribution in [3.8, 4) is 17.1 Å². The number of rotatable bonds is 5. The smallest absolute Gasteiger partial charge is 0.165 e. The first kappa shape index (κ1) is 15.3. The van der Waals surface area contributed by atoms with Gasteiger partial charge in [-0.05, 0) is 25.5 Å². The molecular formula is C17H20N4O2. The molecule has 1 aliphatic heterocycles. The number of para-hydroxylation sites is 1. The van der Waals surface area contributed by atoms with E-state index in [9.17, 15) is 5.11 Å². The van der Waals surface area contributed by atoms with Crippen molar-refractivity contribution < 1.29 is 9.94 Å². The van der Waals surface area contributed by atoms with Gasteiger partial charge >= 0.3 is 0 Å².